The van der Waals surface area contributed by atoms with Crippen LogP contribution in [0.1, 0.15) is 13.8 Å². The molecule has 0 N–H and O–H groups in total. The number of carbonyl (C=O) groups is 2. The summed E-state index contributed by atoms with van der Waals surface area (Å²) in [6.45, 7) is 4.61. The fourth-order valence-corrected chi connectivity index (χ4v) is 11.0. The first kappa shape index (κ1) is 28.9. The van der Waals surface area contributed by atoms with E-state index in [0.717, 1.165) is 24.2 Å². The van der Waals surface area contributed by atoms with E-state index in [0.29, 0.717) is 13.3 Å². The van der Waals surface area contributed by atoms with Gasteiger partial charge in [-0.25, -0.2) is 4.90 Å². The second kappa shape index (κ2) is 13.3. The summed E-state index contributed by atoms with van der Waals surface area (Å²) >= 11 is 6.18. The van der Waals surface area contributed by atoms with Gasteiger partial charge in [0.05, 0.1) is 21.3 Å². The number of hydrogen-bond donors (Lipinski definition) is 0. The summed E-state index contributed by atoms with van der Waals surface area (Å²) in [4.78, 5) is 28.6. The van der Waals surface area contributed by atoms with Crippen molar-refractivity contribution in [1.29, 1.82) is 0 Å². The minimum atomic E-state index is -2.00. The molecule has 3 aromatic carbocycles. The van der Waals surface area contributed by atoms with Gasteiger partial charge in [-0.1, -0.05) is 72.5 Å². The number of benzene rings is 3. The Morgan fingerprint density at radius 3 is 1.64 bits per heavy atom. The second-order valence-electron chi connectivity index (χ2n) is 8.82. The molecule has 0 spiro atoms. The van der Waals surface area contributed by atoms with E-state index < -0.39 is 14.0 Å². The standard InChI is InChI=1S/C18H14PS.C9H16N3O2P.Au/c20-19(16-10-4-1-5-11-16,17-12-6-2-7-13-17)18-14-8-3-9-15-18;1-8(13)11-3-10-4-12(9(2)14)7-15(5-10)6-11;/h1-14H;3-7H2,1-2H3;/q-1;;+1/p+1. The maximum Gasteiger partial charge on any atom is 1.00 e. The molecule has 0 atom stereocenters. The minimum Gasteiger partial charge on any atom is -0.297 e. The van der Waals surface area contributed by atoms with E-state index >= 15 is 0 Å². The SMILES string of the molecule is CC(=O)N1CN2CN(C(C)=O)C[PH+](C2)C1.S=P(c1[c-]cccc1)(c1ccccc1)c1ccccc1.[Au+]. The van der Waals surface area contributed by atoms with Crippen LogP contribution in [-0.2, 0) is 43.8 Å². The van der Waals surface area contributed by atoms with Crippen LogP contribution >= 0.6 is 14.0 Å². The van der Waals surface area contributed by atoms with Gasteiger partial charge in [-0.05, 0) is 10.6 Å². The second-order valence-corrected chi connectivity index (χ2v) is 15.6. The first-order valence-corrected chi connectivity index (χ1v) is 16.6. The summed E-state index contributed by atoms with van der Waals surface area (Å²) in [5.41, 5.74) is 0. The molecule has 5 nitrogen and oxygen atoms in total. The molecule has 0 saturated carbocycles. The van der Waals surface area contributed by atoms with Crippen LogP contribution in [0.5, 0.6) is 0 Å². The average Bonchev–Trinajstić information content (AvgIpc) is 2.89. The van der Waals surface area contributed by atoms with E-state index in [-0.39, 0.29) is 34.2 Å². The van der Waals surface area contributed by atoms with Crippen molar-refractivity contribution in [3.05, 3.63) is 91.0 Å². The predicted molar refractivity (Wildman–Crippen MR) is 151 cm³/mol. The van der Waals surface area contributed by atoms with Crippen LogP contribution in [0.3, 0.4) is 0 Å². The molecule has 2 bridgehead atoms. The van der Waals surface area contributed by atoms with E-state index in [2.05, 4.69) is 65.6 Å². The Balaban J connectivity index is 0.000000203. The number of nitrogens with zero attached hydrogens (tertiary/aromatic N) is 3. The normalized spacial score (nSPS) is 18.8. The third kappa shape index (κ3) is 6.82. The molecule has 3 aromatic rings. The van der Waals surface area contributed by atoms with Crippen molar-refractivity contribution >= 4 is 53.5 Å². The number of hydrogen-bond acceptors (Lipinski definition) is 4. The van der Waals surface area contributed by atoms with Gasteiger partial charge < -0.3 is 0 Å². The number of rotatable bonds is 3. The topological polar surface area (TPSA) is 43.9 Å². The van der Waals surface area contributed by atoms with Crippen LogP contribution in [-0.4, -0.2) is 58.7 Å². The number of amides is 2. The quantitative estimate of drug-likeness (QED) is 0.237. The van der Waals surface area contributed by atoms with E-state index in [1.807, 2.05) is 40.1 Å². The van der Waals surface area contributed by atoms with Crippen LogP contribution in [0.2, 0.25) is 0 Å². The summed E-state index contributed by atoms with van der Waals surface area (Å²) in [5, 5.41) is 3.54. The molecular weight excluding hydrogens is 689 g/mol. The summed E-state index contributed by atoms with van der Waals surface area (Å²) in [6.07, 6.45) is 2.89. The summed E-state index contributed by atoms with van der Waals surface area (Å²) in [5.74, 6) is 0.303. The zero-order chi connectivity index (χ0) is 24.8. The first-order valence-electron chi connectivity index (χ1n) is 11.6. The minimum absolute atomic E-state index is 0. The van der Waals surface area contributed by atoms with Gasteiger partial charge in [-0.15, -0.1) is 5.30 Å². The molecule has 192 valence electrons. The van der Waals surface area contributed by atoms with Crippen molar-refractivity contribution in [2.24, 2.45) is 0 Å². The van der Waals surface area contributed by atoms with Crippen LogP contribution in [0.4, 0.5) is 0 Å². The average molecular weight is 721 g/mol. The summed E-state index contributed by atoms with van der Waals surface area (Å²) in [6, 6.07) is 30.2. The molecule has 2 fully saturated rings. The van der Waals surface area contributed by atoms with Gasteiger partial charge in [0, 0.05) is 19.9 Å². The first-order chi connectivity index (χ1) is 16.9. The Labute approximate surface area is 236 Å². The molecule has 36 heavy (non-hydrogen) atoms. The summed E-state index contributed by atoms with van der Waals surface area (Å²) in [7, 11) is -0.599. The van der Waals surface area contributed by atoms with Crippen molar-refractivity contribution in [2.75, 3.05) is 32.2 Å². The van der Waals surface area contributed by atoms with Gasteiger partial charge in [0.2, 0.25) is 11.8 Å². The van der Waals surface area contributed by atoms with Gasteiger partial charge in [-0.2, -0.15) is 30.3 Å². The van der Waals surface area contributed by atoms with Crippen LogP contribution < -0.4 is 15.9 Å². The molecule has 0 aliphatic carbocycles. The molecular formula is C27H31AuN3O2P2S+. The Morgan fingerprint density at radius 2 is 1.25 bits per heavy atom. The zero-order valence-corrected chi connectivity index (χ0v) is 25.3. The Morgan fingerprint density at radius 1 is 0.778 bits per heavy atom. The molecule has 5 rings (SSSR count). The molecule has 2 aliphatic heterocycles. The van der Waals surface area contributed by atoms with Crippen LogP contribution in [0, 0.1) is 6.07 Å². The molecule has 2 saturated heterocycles. The molecule has 0 unspecified atom stereocenters. The van der Waals surface area contributed by atoms with Crippen LogP contribution in [0.15, 0.2) is 84.9 Å². The fourth-order valence-electron chi connectivity index (χ4n) is 4.44. The van der Waals surface area contributed by atoms with Crippen LogP contribution in [0.25, 0.3) is 0 Å². The van der Waals surface area contributed by atoms with Crippen molar-refractivity contribution in [2.45, 2.75) is 13.8 Å². The van der Waals surface area contributed by atoms with Gasteiger partial charge in [0.25, 0.3) is 0 Å². The smallest absolute Gasteiger partial charge is 0.297 e. The Bertz CT molecular complexity index is 1060. The third-order valence-electron chi connectivity index (χ3n) is 6.18. The van der Waals surface area contributed by atoms with E-state index in [4.69, 9.17) is 11.8 Å². The molecule has 0 aromatic heterocycles. The van der Waals surface area contributed by atoms with Gasteiger partial charge >= 0.3 is 22.4 Å². The van der Waals surface area contributed by atoms with Gasteiger partial charge in [0.1, 0.15) is 18.9 Å². The zero-order valence-electron chi connectivity index (χ0n) is 20.4. The molecule has 2 amide bonds. The predicted octanol–water partition coefficient (Wildman–Crippen LogP) is 3.25. The fraction of sp³-hybridized carbons (Fsp3) is 0.259. The molecule has 9 heteroatoms. The molecule has 0 radical (unpaired) electrons. The van der Waals surface area contributed by atoms with Gasteiger partial charge in [0.15, 0.2) is 0 Å². The number of carbonyl (C=O) groups excluding carboxylic acids is 2. The van der Waals surface area contributed by atoms with Crippen molar-refractivity contribution in [3.8, 4) is 0 Å². The Kier molecular flexibility index (Phi) is 10.7. The van der Waals surface area contributed by atoms with E-state index in [9.17, 15) is 9.59 Å². The maximum atomic E-state index is 11.3. The van der Waals surface area contributed by atoms with Gasteiger partial charge in [-0.3, -0.25) is 19.4 Å². The van der Waals surface area contributed by atoms with Crippen molar-refractivity contribution in [3.63, 3.8) is 0 Å². The maximum absolute atomic E-state index is 11.3. The van der Waals surface area contributed by atoms with E-state index in [1.54, 1.807) is 13.8 Å². The molecule has 2 heterocycles. The molecule has 2 aliphatic rings. The van der Waals surface area contributed by atoms with Crippen molar-refractivity contribution < 1.29 is 32.0 Å². The third-order valence-corrected chi connectivity index (χ3v) is 13.6. The Hall–Kier alpha value is -1.62. The monoisotopic (exact) mass is 720 g/mol. The summed E-state index contributed by atoms with van der Waals surface area (Å²) < 4.78 is 0. The van der Waals surface area contributed by atoms with Crippen molar-refractivity contribution in [1.82, 2.24) is 14.7 Å². The van der Waals surface area contributed by atoms with E-state index in [1.165, 1.54) is 10.6 Å². The number of fused-ring (bicyclic) bond motifs is 2. The largest absolute Gasteiger partial charge is 1.00 e.